The number of hydrogen-bond donors (Lipinski definition) is 2. The Hall–Kier alpha value is -2.58. The Morgan fingerprint density at radius 2 is 1.81 bits per heavy atom. The molecule has 0 bridgehead atoms. The SMILES string of the molecule is CCOc1ccc([C@@H](C)NS(=O)(=O)c2ccc(OC)c(C(=O)NC)c2)cc1. The highest BCUT2D eigenvalue weighted by atomic mass is 32.2. The summed E-state index contributed by atoms with van der Waals surface area (Å²) in [6.07, 6.45) is 0. The summed E-state index contributed by atoms with van der Waals surface area (Å²) >= 11 is 0. The third kappa shape index (κ3) is 4.99. The average molecular weight is 392 g/mol. The van der Waals surface area contributed by atoms with Crippen molar-refractivity contribution < 1.29 is 22.7 Å². The fourth-order valence-corrected chi connectivity index (χ4v) is 3.81. The van der Waals surface area contributed by atoms with Crippen LogP contribution < -0.4 is 19.5 Å². The van der Waals surface area contributed by atoms with Gasteiger partial charge in [-0.2, -0.15) is 0 Å². The van der Waals surface area contributed by atoms with E-state index in [1.54, 1.807) is 19.1 Å². The van der Waals surface area contributed by atoms with Gasteiger partial charge in [-0.15, -0.1) is 0 Å². The molecule has 146 valence electrons. The van der Waals surface area contributed by atoms with Crippen molar-refractivity contribution in [3.8, 4) is 11.5 Å². The van der Waals surface area contributed by atoms with Gasteiger partial charge in [0.25, 0.3) is 5.91 Å². The minimum absolute atomic E-state index is 0.0142. The van der Waals surface area contributed by atoms with Crippen LogP contribution in [0.4, 0.5) is 0 Å². The molecule has 0 unspecified atom stereocenters. The normalized spacial score (nSPS) is 12.3. The maximum Gasteiger partial charge on any atom is 0.254 e. The highest BCUT2D eigenvalue weighted by molar-refractivity contribution is 7.89. The minimum Gasteiger partial charge on any atom is -0.496 e. The lowest BCUT2D eigenvalue weighted by Gasteiger charge is -2.16. The van der Waals surface area contributed by atoms with Crippen LogP contribution in [0.5, 0.6) is 11.5 Å². The number of ether oxygens (including phenoxy) is 2. The first-order valence-corrected chi connectivity index (χ1v) is 9.96. The maximum atomic E-state index is 12.7. The lowest BCUT2D eigenvalue weighted by atomic mass is 10.1. The van der Waals surface area contributed by atoms with Gasteiger partial charge in [-0.1, -0.05) is 12.1 Å². The molecule has 2 N–H and O–H groups in total. The monoisotopic (exact) mass is 392 g/mol. The van der Waals surface area contributed by atoms with Crippen LogP contribution in [0.15, 0.2) is 47.4 Å². The van der Waals surface area contributed by atoms with E-state index >= 15 is 0 Å². The Bertz CT molecular complexity index is 895. The van der Waals surface area contributed by atoms with Crippen molar-refractivity contribution in [1.82, 2.24) is 10.0 Å². The standard InChI is InChI=1S/C19H24N2O5S/c1-5-26-15-8-6-14(7-9-15)13(2)21-27(23,24)16-10-11-18(25-4)17(12-16)19(22)20-3/h6-13,21H,5H2,1-4H3,(H,20,22)/t13-/m1/s1. The Kier molecular flexibility index (Phi) is 6.81. The molecule has 1 atom stereocenters. The van der Waals surface area contributed by atoms with Gasteiger partial charge >= 0.3 is 0 Å². The lowest BCUT2D eigenvalue weighted by molar-refractivity contribution is 0.0960. The first kappa shape index (κ1) is 20.7. The molecule has 0 aromatic heterocycles. The van der Waals surface area contributed by atoms with E-state index in [1.165, 1.54) is 32.4 Å². The van der Waals surface area contributed by atoms with Gasteiger partial charge < -0.3 is 14.8 Å². The summed E-state index contributed by atoms with van der Waals surface area (Å²) in [5.74, 6) is 0.595. The van der Waals surface area contributed by atoms with Gasteiger partial charge in [0, 0.05) is 13.1 Å². The van der Waals surface area contributed by atoms with Gasteiger partial charge in [0.15, 0.2) is 0 Å². The molecule has 2 rings (SSSR count). The van der Waals surface area contributed by atoms with Crippen molar-refractivity contribution in [1.29, 1.82) is 0 Å². The third-order valence-corrected chi connectivity index (χ3v) is 5.51. The molecule has 8 heteroatoms. The van der Waals surface area contributed by atoms with Gasteiger partial charge in [0.05, 0.1) is 24.2 Å². The number of carbonyl (C=O) groups excluding carboxylic acids is 1. The first-order chi connectivity index (χ1) is 12.8. The van der Waals surface area contributed by atoms with Crippen LogP contribution in [-0.2, 0) is 10.0 Å². The van der Waals surface area contributed by atoms with Crippen LogP contribution in [-0.4, -0.2) is 35.1 Å². The fraction of sp³-hybridized carbons (Fsp3) is 0.316. The predicted molar refractivity (Wildman–Crippen MR) is 103 cm³/mol. The van der Waals surface area contributed by atoms with Crippen LogP contribution in [0.3, 0.4) is 0 Å². The van der Waals surface area contributed by atoms with E-state index in [2.05, 4.69) is 10.0 Å². The van der Waals surface area contributed by atoms with Crippen LogP contribution in [0.1, 0.15) is 35.8 Å². The van der Waals surface area contributed by atoms with E-state index < -0.39 is 22.0 Å². The van der Waals surface area contributed by atoms with Crippen molar-refractivity contribution in [3.63, 3.8) is 0 Å². The molecular formula is C19H24N2O5S. The van der Waals surface area contributed by atoms with Crippen molar-refractivity contribution in [2.75, 3.05) is 20.8 Å². The average Bonchev–Trinajstić information content (AvgIpc) is 2.67. The highest BCUT2D eigenvalue weighted by Crippen LogP contribution is 2.24. The Balaban J connectivity index is 2.26. The lowest BCUT2D eigenvalue weighted by Crippen LogP contribution is -2.27. The van der Waals surface area contributed by atoms with E-state index in [-0.39, 0.29) is 10.5 Å². The van der Waals surface area contributed by atoms with Crippen LogP contribution in [0.2, 0.25) is 0 Å². The molecule has 0 saturated heterocycles. The number of carbonyl (C=O) groups is 1. The number of sulfonamides is 1. The molecule has 0 aliphatic rings. The smallest absolute Gasteiger partial charge is 0.254 e. The first-order valence-electron chi connectivity index (χ1n) is 8.47. The summed E-state index contributed by atoms with van der Waals surface area (Å²) in [5.41, 5.74) is 0.943. The second kappa shape index (κ2) is 8.88. The molecule has 0 radical (unpaired) electrons. The third-order valence-electron chi connectivity index (χ3n) is 3.98. The molecule has 0 aliphatic carbocycles. The zero-order chi connectivity index (χ0) is 20.0. The maximum absolute atomic E-state index is 12.7. The van der Waals surface area contributed by atoms with E-state index in [0.29, 0.717) is 12.4 Å². The highest BCUT2D eigenvalue weighted by Gasteiger charge is 2.22. The zero-order valence-corrected chi connectivity index (χ0v) is 16.6. The molecule has 2 aromatic rings. The van der Waals surface area contributed by atoms with Crippen molar-refractivity contribution in [3.05, 3.63) is 53.6 Å². The zero-order valence-electron chi connectivity index (χ0n) is 15.8. The molecule has 0 aliphatic heterocycles. The molecule has 2 aromatic carbocycles. The van der Waals surface area contributed by atoms with Crippen LogP contribution >= 0.6 is 0 Å². The Labute approximate surface area is 159 Å². The van der Waals surface area contributed by atoms with Crippen molar-refractivity contribution >= 4 is 15.9 Å². The van der Waals surface area contributed by atoms with Gasteiger partial charge in [-0.3, -0.25) is 4.79 Å². The predicted octanol–water partition coefficient (Wildman–Crippen LogP) is 2.49. The number of hydrogen-bond acceptors (Lipinski definition) is 5. The van der Waals surface area contributed by atoms with Crippen molar-refractivity contribution in [2.24, 2.45) is 0 Å². The largest absolute Gasteiger partial charge is 0.496 e. The minimum atomic E-state index is -3.83. The topological polar surface area (TPSA) is 93.7 Å². The number of methoxy groups -OCH3 is 1. The van der Waals surface area contributed by atoms with Gasteiger partial charge in [0.1, 0.15) is 11.5 Å². The number of rotatable bonds is 8. The summed E-state index contributed by atoms with van der Waals surface area (Å²) in [4.78, 5) is 12.0. The summed E-state index contributed by atoms with van der Waals surface area (Å²) in [6.45, 7) is 4.20. The fourth-order valence-electron chi connectivity index (χ4n) is 2.55. The summed E-state index contributed by atoms with van der Waals surface area (Å²) < 4.78 is 38.6. The quantitative estimate of drug-likeness (QED) is 0.720. The molecule has 0 fully saturated rings. The van der Waals surface area contributed by atoms with Crippen molar-refractivity contribution in [2.45, 2.75) is 24.8 Å². The Morgan fingerprint density at radius 1 is 1.15 bits per heavy atom. The number of benzene rings is 2. The second-order valence-corrected chi connectivity index (χ2v) is 7.50. The molecule has 0 heterocycles. The second-order valence-electron chi connectivity index (χ2n) is 5.79. The number of amides is 1. The summed E-state index contributed by atoms with van der Waals surface area (Å²) in [5, 5.41) is 2.47. The van der Waals surface area contributed by atoms with Gasteiger partial charge in [-0.05, 0) is 49.7 Å². The van der Waals surface area contributed by atoms with E-state index in [9.17, 15) is 13.2 Å². The summed E-state index contributed by atoms with van der Waals surface area (Å²) in [7, 11) is -0.948. The van der Waals surface area contributed by atoms with E-state index in [4.69, 9.17) is 9.47 Å². The van der Waals surface area contributed by atoms with Gasteiger partial charge in [-0.25, -0.2) is 13.1 Å². The Morgan fingerprint density at radius 3 is 2.37 bits per heavy atom. The molecule has 0 spiro atoms. The molecule has 7 nitrogen and oxygen atoms in total. The molecule has 27 heavy (non-hydrogen) atoms. The molecule has 1 amide bonds. The van der Waals surface area contributed by atoms with E-state index in [0.717, 1.165) is 11.3 Å². The van der Waals surface area contributed by atoms with Crippen LogP contribution in [0.25, 0.3) is 0 Å². The van der Waals surface area contributed by atoms with Crippen LogP contribution in [0, 0.1) is 0 Å². The molecule has 0 saturated carbocycles. The van der Waals surface area contributed by atoms with Gasteiger partial charge in [0.2, 0.25) is 10.0 Å². The summed E-state index contributed by atoms with van der Waals surface area (Å²) in [6, 6.07) is 10.9. The number of nitrogens with one attached hydrogen (secondary N) is 2. The van der Waals surface area contributed by atoms with E-state index in [1.807, 2.05) is 19.1 Å². The molecular weight excluding hydrogens is 368 g/mol.